The second kappa shape index (κ2) is 6.73. The number of pyridine rings is 2. The number of benzene rings is 1. The first-order valence-electron chi connectivity index (χ1n) is 11.0. The molecule has 3 aromatic heterocycles. The monoisotopic (exact) mass is 454 g/mol. The zero-order valence-corrected chi connectivity index (χ0v) is 18.4. The number of anilines is 2. The summed E-state index contributed by atoms with van der Waals surface area (Å²) >= 11 is 6.11. The van der Waals surface area contributed by atoms with Gasteiger partial charge in [0.25, 0.3) is 5.91 Å². The van der Waals surface area contributed by atoms with E-state index in [1.807, 2.05) is 40.9 Å². The Balaban J connectivity index is 1.29. The van der Waals surface area contributed by atoms with Crippen LogP contribution in [0.5, 0.6) is 0 Å². The smallest absolute Gasteiger partial charge is 0.279 e. The Morgan fingerprint density at radius 3 is 2.94 bits per heavy atom. The molecule has 2 N–H and O–H groups in total. The van der Waals surface area contributed by atoms with E-state index < -0.39 is 0 Å². The number of fused-ring (bicyclic) bond motifs is 4. The van der Waals surface area contributed by atoms with E-state index in [0.717, 1.165) is 47.1 Å². The predicted molar refractivity (Wildman–Crippen MR) is 128 cm³/mol. The Labute approximate surface area is 194 Å². The minimum Gasteiger partial charge on any atom is -0.340 e. The van der Waals surface area contributed by atoms with Crippen LogP contribution in [-0.2, 0) is 12.0 Å². The molecule has 1 spiro atoms. The molecule has 7 rings (SSSR count). The quantitative estimate of drug-likeness (QED) is 0.476. The molecule has 33 heavy (non-hydrogen) atoms. The van der Waals surface area contributed by atoms with Gasteiger partial charge in [-0.05, 0) is 36.6 Å². The third kappa shape index (κ3) is 2.86. The number of carbonyl (C=O) groups excluding carboxylic acids is 1. The summed E-state index contributed by atoms with van der Waals surface area (Å²) in [4.78, 5) is 26.1. The minimum atomic E-state index is -0.261. The lowest BCUT2D eigenvalue weighted by Gasteiger charge is -2.26. The molecule has 1 saturated carbocycles. The lowest BCUT2D eigenvalue weighted by molar-refractivity contribution is 0.101. The Morgan fingerprint density at radius 2 is 2.06 bits per heavy atom. The van der Waals surface area contributed by atoms with Crippen molar-refractivity contribution in [3.63, 3.8) is 0 Å². The molecule has 0 saturated heterocycles. The third-order valence-corrected chi connectivity index (χ3v) is 7.17. The summed E-state index contributed by atoms with van der Waals surface area (Å²) < 4.78 is 1.96. The number of halogens is 1. The zero-order valence-electron chi connectivity index (χ0n) is 17.6. The summed E-state index contributed by atoms with van der Waals surface area (Å²) in [5.74, 6) is 0.468. The lowest BCUT2D eigenvalue weighted by Crippen LogP contribution is -2.34. The number of nitrogens with zero attached hydrogens (tertiary/aromatic N) is 4. The van der Waals surface area contributed by atoms with Gasteiger partial charge in [-0.25, -0.2) is 15.0 Å². The van der Waals surface area contributed by atoms with Crippen molar-refractivity contribution in [3.8, 4) is 11.3 Å². The number of nitrogens with one attached hydrogen (secondary N) is 2. The molecule has 1 aromatic carbocycles. The van der Waals surface area contributed by atoms with Crippen LogP contribution in [0.2, 0.25) is 5.02 Å². The number of aromatic nitrogens is 3. The molecule has 1 amide bonds. The zero-order chi connectivity index (χ0) is 22.2. The summed E-state index contributed by atoms with van der Waals surface area (Å²) in [6.07, 6.45) is 7.74. The second-order valence-corrected chi connectivity index (χ2v) is 9.37. The van der Waals surface area contributed by atoms with Gasteiger partial charge in [0.15, 0.2) is 0 Å². The normalized spacial score (nSPS) is 17.4. The van der Waals surface area contributed by atoms with Crippen molar-refractivity contribution in [2.75, 3.05) is 11.9 Å². The van der Waals surface area contributed by atoms with Crippen LogP contribution >= 0.6 is 11.6 Å². The van der Waals surface area contributed by atoms with Gasteiger partial charge in [-0.15, -0.1) is 0 Å². The van der Waals surface area contributed by atoms with Gasteiger partial charge in [-0.1, -0.05) is 23.7 Å². The van der Waals surface area contributed by atoms with Gasteiger partial charge in [0.05, 0.1) is 28.8 Å². The molecule has 8 heteroatoms. The molecule has 1 fully saturated rings. The Bertz CT molecular complexity index is 1520. The molecule has 3 aliphatic rings. The number of carbonyl (C=O) groups is 1. The molecule has 2 aliphatic heterocycles. The fourth-order valence-electron chi connectivity index (χ4n) is 5.09. The standard InChI is InChI=1S/C25H19ClN6O/c26-14-5-8-32-20(12-28-22(32)9-14)15-1-3-18(23-16(15)10-29-24(23)33)30-21-4-2-17-19(31-21)11-27-13-25(17)6-7-25/h1-5,8-10,12,27H,6-7,11,13H2,(H,30,31). The highest BCUT2D eigenvalue weighted by Gasteiger charge is 2.47. The van der Waals surface area contributed by atoms with Crippen molar-refractivity contribution in [1.29, 1.82) is 0 Å². The topological polar surface area (TPSA) is 83.7 Å². The highest BCUT2D eigenvalue weighted by molar-refractivity contribution is 6.30. The molecule has 5 heterocycles. The SMILES string of the molecule is O=C1N=Cc2c(-c3cnc4cc(Cl)ccn34)ccc(Nc3ccc4c(n3)CNCC43CC3)c21. The molecule has 0 radical (unpaired) electrons. The maximum absolute atomic E-state index is 12.7. The van der Waals surface area contributed by atoms with E-state index in [2.05, 4.69) is 26.7 Å². The number of imidazole rings is 1. The molecule has 0 unspecified atom stereocenters. The summed E-state index contributed by atoms with van der Waals surface area (Å²) in [5.41, 5.74) is 7.26. The molecule has 4 aromatic rings. The van der Waals surface area contributed by atoms with Crippen molar-refractivity contribution in [1.82, 2.24) is 19.7 Å². The molecular weight excluding hydrogens is 436 g/mol. The summed E-state index contributed by atoms with van der Waals surface area (Å²) in [5, 5.41) is 7.49. The summed E-state index contributed by atoms with van der Waals surface area (Å²) in [7, 11) is 0. The van der Waals surface area contributed by atoms with Gasteiger partial charge in [-0.3, -0.25) is 9.20 Å². The number of hydrogen-bond acceptors (Lipinski definition) is 5. The summed E-state index contributed by atoms with van der Waals surface area (Å²) in [6, 6.07) is 11.7. The maximum atomic E-state index is 12.7. The molecule has 162 valence electrons. The van der Waals surface area contributed by atoms with Crippen molar-refractivity contribution in [2.45, 2.75) is 24.8 Å². The van der Waals surface area contributed by atoms with E-state index in [4.69, 9.17) is 16.6 Å². The van der Waals surface area contributed by atoms with E-state index in [-0.39, 0.29) is 11.3 Å². The van der Waals surface area contributed by atoms with Crippen LogP contribution in [0.25, 0.3) is 16.9 Å². The van der Waals surface area contributed by atoms with Crippen LogP contribution in [0.4, 0.5) is 11.5 Å². The van der Waals surface area contributed by atoms with Gasteiger partial charge in [0.1, 0.15) is 11.5 Å². The molecule has 0 atom stereocenters. The number of hydrogen-bond donors (Lipinski definition) is 2. The van der Waals surface area contributed by atoms with Crippen LogP contribution in [0, 0.1) is 0 Å². The van der Waals surface area contributed by atoms with E-state index in [1.165, 1.54) is 18.4 Å². The van der Waals surface area contributed by atoms with Gasteiger partial charge < -0.3 is 10.6 Å². The van der Waals surface area contributed by atoms with E-state index >= 15 is 0 Å². The van der Waals surface area contributed by atoms with Crippen LogP contribution in [0.3, 0.4) is 0 Å². The first-order valence-corrected chi connectivity index (χ1v) is 11.4. The Hall–Kier alpha value is -3.55. The first-order chi connectivity index (χ1) is 16.1. The van der Waals surface area contributed by atoms with E-state index in [1.54, 1.807) is 12.4 Å². The van der Waals surface area contributed by atoms with Crippen LogP contribution in [0.1, 0.15) is 40.0 Å². The summed E-state index contributed by atoms with van der Waals surface area (Å²) in [6.45, 7) is 1.80. The maximum Gasteiger partial charge on any atom is 0.279 e. The number of aliphatic imine (C=N–C) groups is 1. The molecule has 1 aliphatic carbocycles. The highest BCUT2D eigenvalue weighted by atomic mass is 35.5. The molecule has 0 bridgehead atoms. The van der Waals surface area contributed by atoms with Gasteiger partial charge in [-0.2, -0.15) is 0 Å². The van der Waals surface area contributed by atoms with Crippen LogP contribution in [-0.4, -0.2) is 33.0 Å². The fraction of sp³-hybridized carbons (Fsp3) is 0.200. The minimum absolute atomic E-state index is 0.261. The van der Waals surface area contributed by atoms with Crippen molar-refractivity contribution in [3.05, 3.63) is 76.2 Å². The van der Waals surface area contributed by atoms with Crippen molar-refractivity contribution < 1.29 is 4.79 Å². The predicted octanol–water partition coefficient (Wildman–Crippen LogP) is 4.50. The number of rotatable bonds is 3. The third-order valence-electron chi connectivity index (χ3n) is 6.94. The van der Waals surface area contributed by atoms with Crippen LogP contribution < -0.4 is 10.6 Å². The molecular formula is C25H19ClN6O. The Kier molecular flexibility index (Phi) is 3.87. The second-order valence-electron chi connectivity index (χ2n) is 8.93. The van der Waals surface area contributed by atoms with Gasteiger partial charge in [0.2, 0.25) is 0 Å². The fourth-order valence-corrected chi connectivity index (χ4v) is 5.25. The van der Waals surface area contributed by atoms with Gasteiger partial charge in [0, 0.05) is 53.1 Å². The Morgan fingerprint density at radius 1 is 1.15 bits per heavy atom. The van der Waals surface area contributed by atoms with E-state index in [9.17, 15) is 4.79 Å². The largest absolute Gasteiger partial charge is 0.340 e. The van der Waals surface area contributed by atoms with Crippen molar-refractivity contribution >= 4 is 40.9 Å². The average Bonchev–Trinajstić information content (AvgIpc) is 3.28. The van der Waals surface area contributed by atoms with Crippen molar-refractivity contribution in [2.24, 2.45) is 4.99 Å². The first kappa shape index (κ1) is 19.0. The average molecular weight is 455 g/mol. The van der Waals surface area contributed by atoms with Crippen LogP contribution in [0.15, 0.2) is 53.8 Å². The number of amides is 1. The van der Waals surface area contributed by atoms with Gasteiger partial charge >= 0.3 is 0 Å². The highest BCUT2D eigenvalue weighted by Crippen LogP contribution is 2.50. The lowest BCUT2D eigenvalue weighted by atomic mass is 9.91. The van der Waals surface area contributed by atoms with E-state index in [0.29, 0.717) is 16.3 Å². The molecule has 7 nitrogen and oxygen atoms in total.